The highest BCUT2D eigenvalue weighted by atomic mass is 16.6. The number of cyclic esters (lactones) is 1. The molecule has 14 heavy (non-hydrogen) atoms. The van der Waals surface area contributed by atoms with Crippen LogP contribution in [0, 0.1) is 0 Å². The third-order valence-corrected chi connectivity index (χ3v) is 1.91. The minimum absolute atomic E-state index is 0.210. The maximum absolute atomic E-state index is 11.1. The van der Waals surface area contributed by atoms with Gasteiger partial charge in [-0.1, -0.05) is 13.8 Å². The fraction of sp³-hybridized carbons (Fsp3) is 0.900. The molecule has 1 saturated heterocycles. The van der Waals surface area contributed by atoms with Crippen LogP contribution < -0.4 is 5.32 Å². The number of hydrogen-bond donors (Lipinski definition) is 1. The Labute approximate surface area is 86.6 Å². The summed E-state index contributed by atoms with van der Waals surface area (Å²) < 4.78 is 4.96. The first kappa shape index (κ1) is 13.2. The molecule has 1 heterocycles. The van der Waals surface area contributed by atoms with Gasteiger partial charge in [-0.2, -0.15) is 0 Å². The monoisotopic (exact) mass is 202 g/mol. The van der Waals surface area contributed by atoms with Crippen molar-refractivity contribution in [2.45, 2.75) is 26.7 Å². The number of hydrogen-bond acceptors (Lipinski definition) is 3. The lowest BCUT2D eigenvalue weighted by atomic mass is 10.3. The summed E-state index contributed by atoms with van der Waals surface area (Å²) in [4.78, 5) is 12.7. The molecule has 1 N–H and O–H groups in total. The Morgan fingerprint density at radius 3 is 2.71 bits per heavy atom. The zero-order chi connectivity index (χ0) is 10.8. The summed E-state index contributed by atoms with van der Waals surface area (Å²) in [6, 6.07) is 0. The van der Waals surface area contributed by atoms with E-state index in [0.717, 1.165) is 32.5 Å². The topological polar surface area (TPSA) is 41.6 Å². The van der Waals surface area contributed by atoms with Gasteiger partial charge in [0.05, 0.1) is 0 Å². The highest BCUT2D eigenvalue weighted by Crippen LogP contribution is 1.96. The minimum Gasteiger partial charge on any atom is -0.448 e. The predicted molar refractivity (Wildman–Crippen MR) is 57.4 cm³/mol. The van der Waals surface area contributed by atoms with Gasteiger partial charge < -0.3 is 15.0 Å². The summed E-state index contributed by atoms with van der Waals surface area (Å²) >= 11 is 0. The summed E-state index contributed by atoms with van der Waals surface area (Å²) in [5.41, 5.74) is 0. The quantitative estimate of drug-likeness (QED) is 0.646. The molecule has 84 valence electrons. The maximum atomic E-state index is 11.1. The number of rotatable bonds is 0. The number of amides is 1. The van der Waals surface area contributed by atoms with Gasteiger partial charge in [-0.3, -0.25) is 0 Å². The molecule has 1 aliphatic heterocycles. The molecule has 0 aliphatic carbocycles. The number of ether oxygens (including phenoxy) is 1. The van der Waals surface area contributed by atoms with E-state index in [0.29, 0.717) is 6.61 Å². The molecule has 0 saturated carbocycles. The first-order chi connectivity index (χ1) is 6.80. The lowest BCUT2D eigenvalue weighted by molar-refractivity contribution is 0.109. The van der Waals surface area contributed by atoms with Crippen LogP contribution in [0.25, 0.3) is 0 Å². The van der Waals surface area contributed by atoms with Crippen molar-refractivity contribution in [2.24, 2.45) is 0 Å². The van der Waals surface area contributed by atoms with Crippen molar-refractivity contribution in [2.75, 3.05) is 33.3 Å². The molecule has 4 nitrogen and oxygen atoms in total. The summed E-state index contributed by atoms with van der Waals surface area (Å²) in [7, 11) is 1.78. The maximum Gasteiger partial charge on any atom is 0.409 e. The molecule has 0 spiro atoms. The number of nitrogens with zero attached hydrogens (tertiary/aromatic N) is 1. The number of nitrogens with one attached hydrogen (secondary N) is 1. The summed E-state index contributed by atoms with van der Waals surface area (Å²) in [5, 5.41) is 3.19. The summed E-state index contributed by atoms with van der Waals surface area (Å²) in [5.74, 6) is 0. The summed E-state index contributed by atoms with van der Waals surface area (Å²) in [6.07, 6.45) is 1.95. The molecule has 0 unspecified atom stereocenters. The largest absolute Gasteiger partial charge is 0.448 e. The van der Waals surface area contributed by atoms with E-state index in [9.17, 15) is 4.79 Å². The van der Waals surface area contributed by atoms with E-state index in [1.54, 1.807) is 11.9 Å². The van der Waals surface area contributed by atoms with Gasteiger partial charge in [0.2, 0.25) is 0 Å². The Hall–Kier alpha value is -0.770. The van der Waals surface area contributed by atoms with Gasteiger partial charge in [0.15, 0.2) is 0 Å². The van der Waals surface area contributed by atoms with Crippen LogP contribution in [0.5, 0.6) is 0 Å². The third kappa shape index (κ3) is 5.80. The lowest BCUT2D eigenvalue weighted by Gasteiger charge is -2.18. The highest BCUT2D eigenvalue weighted by molar-refractivity contribution is 5.67. The zero-order valence-electron chi connectivity index (χ0n) is 9.51. The molecule has 0 atom stereocenters. The fourth-order valence-corrected chi connectivity index (χ4v) is 1.14. The van der Waals surface area contributed by atoms with Crippen molar-refractivity contribution in [1.82, 2.24) is 10.2 Å². The van der Waals surface area contributed by atoms with Crippen LogP contribution in [0.2, 0.25) is 0 Å². The third-order valence-electron chi connectivity index (χ3n) is 1.91. The van der Waals surface area contributed by atoms with Gasteiger partial charge in [0, 0.05) is 20.1 Å². The molecular weight excluding hydrogens is 180 g/mol. The Balaban J connectivity index is 0.000000791. The highest BCUT2D eigenvalue weighted by Gasteiger charge is 2.09. The van der Waals surface area contributed by atoms with Crippen LogP contribution in [-0.4, -0.2) is 44.3 Å². The van der Waals surface area contributed by atoms with E-state index in [4.69, 9.17) is 4.74 Å². The smallest absolute Gasteiger partial charge is 0.409 e. The minimum atomic E-state index is -0.210. The van der Waals surface area contributed by atoms with Crippen LogP contribution in [0.3, 0.4) is 0 Å². The molecule has 0 bridgehead atoms. The van der Waals surface area contributed by atoms with E-state index >= 15 is 0 Å². The molecule has 0 aromatic rings. The average Bonchev–Trinajstić information content (AvgIpc) is 2.24. The molecule has 4 heteroatoms. The molecule has 0 radical (unpaired) electrons. The van der Waals surface area contributed by atoms with E-state index in [1.165, 1.54) is 0 Å². The van der Waals surface area contributed by atoms with Crippen molar-refractivity contribution < 1.29 is 9.53 Å². The second-order valence-electron chi connectivity index (χ2n) is 2.99. The normalized spacial score (nSPS) is 19.1. The Morgan fingerprint density at radius 2 is 2.00 bits per heavy atom. The Kier molecular flexibility index (Phi) is 8.33. The van der Waals surface area contributed by atoms with E-state index in [1.807, 2.05) is 13.8 Å². The van der Waals surface area contributed by atoms with E-state index in [2.05, 4.69) is 5.32 Å². The van der Waals surface area contributed by atoms with Crippen LogP contribution in [-0.2, 0) is 4.74 Å². The van der Waals surface area contributed by atoms with E-state index in [-0.39, 0.29) is 6.09 Å². The van der Waals surface area contributed by atoms with Crippen molar-refractivity contribution >= 4 is 6.09 Å². The van der Waals surface area contributed by atoms with Crippen molar-refractivity contribution in [3.8, 4) is 0 Å². The molecule has 0 aromatic carbocycles. The Bertz CT molecular complexity index is 151. The van der Waals surface area contributed by atoms with Crippen LogP contribution in [0.15, 0.2) is 0 Å². The van der Waals surface area contributed by atoms with Crippen LogP contribution in [0.1, 0.15) is 26.7 Å². The summed E-state index contributed by atoms with van der Waals surface area (Å²) in [6.45, 7) is 7.05. The SMILES string of the molecule is CC.CN1CCCCNCCOC1=O. The fourth-order valence-electron chi connectivity index (χ4n) is 1.14. The molecule has 0 aromatic heterocycles. The average molecular weight is 202 g/mol. The molecule has 1 amide bonds. The predicted octanol–water partition coefficient (Wildman–Crippen LogP) is 1.46. The standard InChI is InChI=1S/C8H16N2O2.C2H6/c1-10-6-3-2-4-9-5-7-12-8(10)11;1-2/h9H,2-7H2,1H3;1-2H3. The lowest BCUT2D eigenvalue weighted by Crippen LogP contribution is -2.33. The van der Waals surface area contributed by atoms with Gasteiger partial charge in [0.25, 0.3) is 0 Å². The first-order valence-corrected chi connectivity index (χ1v) is 5.39. The van der Waals surface area contributed by atoms with Gasteiger partial charge in [-0.15, -0.1) is 0 Å². The van der Waals surface area contributed by atoms with Gasteiger partial charge in [0.1, 0.15) is 6.61 Å². The van der Waals surface area contributed by atoms with Gasteiger partial charge >= 0.3 is 6.09 Å². The van der Waals surface area contributed by atoms with E-state index < -0.39 is 0 Å². The van der Waals surface area contributed by atoms with Crippen LogP contribution in [0.4, 0.5) is 4.79 Å². The second kappa shape index (κ2) is 8.81. The first-order valence-electron chi connectivity index (χ1n) is 5.39. The second-order valence-corrected chi connectivity index (χ2v) is 2.99. The van der Waals surface area contributed by atoms with Crippen molar-refractivity contribution in [3.63, 3.8) is 0 Å². The van der Waals surface area contributed by atoms with Crippen molar-refractivity contribution in [3.05, 3.63) is 0 Å². The van der Waals surface area contributed by atoms with Crippen molar-refractivity contribution in [1.29, 1.82) is 0 Å². The molecule has 1 fully saturated rings. The molecular formula is C10H22N2O2. The Morgan fingerprint density at radius 1 is 1.29 bits per heavy atom. The molecule has 1 aliphatic rings. The van der Waals surface area contributed by atoms with Gasteiger partial charge in [-0.05, 0) is 19.4 Å². The van der Waals surface area contributed by atoms with Gasteiger partial charge in [-0.25, -0.2) is 4.79 Å². The number of carbonyl (C=O) groups is 1. The van der Waals surface area contributed by atoms with Crippen LogP contribution >= 0.6 is 0 Å². The number of carbonyl (C=O) groups excluding carboxylic acids is 1. The zero-order valence-corrected chi connectivity index (χ0v) is 9.51. The molecule has 1 rings (SSSR count).